The van der Waals surface area contributed by atoms with Gasteiger partial charge in [0.15, 0.2) is 0 Å². The number of rotatable bonds is 5. The SMILES string of the molecule is CN(C)CC1Cc2c(n(C)c3ccccc23)C(C)(CCCO)O1. The Morgan fingerprint density at radius 3 is 2.78 bits per heavy atom. The van der Waals surface area contributed by atoms with Gasteiger partial charge in [0, 0.05) is 37.5 Å². The number of benzene rings is 1. The van der Waals surface area contributed by atoms with Crippen molar-refractivity contribution in [2.75, 3.05) is 27.2 Å². The second kappa shape index (κ2) is 6.27. The Bertz CT molecular complexity index is 692. The summed E-state index contributed by atoms with van der Waals surface area (Å²) >= 11 is 0. The molecule has 2 aromatic rings. The summed E-state index contributed by atoms with van der Waals surface area (Å²) in [5, 5.41) is 10.6. The summed E-state index contributed by atoms with van der Waals surface area (Å²) in [6.07, 6.45) is 2.73. The molecular formula is C19H28N2O2. The van der Waals surface area contributed by atoms with Gasteiger partial charge in [-0.1, -0.05) is 18.2 Å². The molecule has 0 amide bonds. The van der Waals surface area contributed by atoms with Crippen LogP contribution in [0.1, 0.15) is 31.0 Å². The van der Waals surface area contributed by atoms with E-state index in [0.29, 0.717) is 0 Å². The Morgan fingerprint density at radius 1 is 1.35 bits per heavy atom. The highest BCUT2D eigenvalue weighted by Gasteiger charge is 2.40. The lowest BCUT2D eigenvalue weighted by atomic mass is 9.86. The highest BCUT2D eigenvalue weighted by Crippen LogP contribution is 2.43. The highest BCUT2D eigenvalue weighted by molar-refractivity contribution is 5.86. The summed E-state index contributed by atoms with van der Waals surface area (Å²) in [4.78, 5) is 2.19. The normalized spacial score (nSPS) is 24.3. The molecule has 4 nitrogen and oxygen atoms in total. The van der Waals surface area contributed by atoms with Crippen molar-refractivity contribution < 1.29 is 9.84 Å². The lowest BCUT2D eigenvalue weighted by Crippen LogP contribution is -2.43. The predicted molar refractivity (Wildman–Crippen MR) is 93.7 cm³/mol. The molecule has 0 bridgehead atoms. The van der Waals surface area contributed by atoms with Crippen LogP contribution in [0.15, 0.2) is 24.3 Å². The lowest BCUT2D eigenvalue weighted by Gasteiger charge is -2.40. The van der Waals surface area contributed by atoms with E-state index < -0.39 is 0 Å². The van der Waals surface area contributed by atoms with E-state index >= 15 is 0 Å². The quantitative estimate of drug-likeness (QED) is 0.921. The van der Waals surface area contributed by atoms with Crippen molar-refractivity contribution in [3.05, 3.63) is 35.5 Å². The molecule has 0 spiro atoms. The number of fused-ring (bicyclic) bond motifs is 3. The van der Waals surface area contributed by atoms with Gasteiger partial charge in [0.2, 0.25) is 0 Å². The number of para-hydroxylation sites is 1. The van der Waals surface area contributed by atoms with Gasteiger partial charge in [-0.25, -0.2) is 0 Å². The number of ether oxygens (including phenoxy) is 1. The number of hydrogen-bond donors (Lipinski definition) is 1. The van der Waals surface area contributed by atoms with Gasteiger partial charge in [-0.05, 0) is 45.5 Å². The average Bonchev–Trinajstić information content (AvgIpc) is 2.79. The Hall–Kier alpha value is -1.36. The topological polar surface area (TPSA) is 37.6 Å². The molecule has 126 valence electrons. The van der Waals surface area contributed by atoms with Gasteiger partial charge in [-0.3, -0.25) is 0 Å². The highest BCUT2D eigenvalue weighted by atomic mass is 16.5. The van der Waals surface area contributed by atoms with Crippen LogP contribution in [0.5, 0.6) is 0 Å². The second-order valence-electron chi connectivity index (χ2n) is 7.17. The van der Waals surface area contributed by atoms with Crippen molar-refractivity contribution in [3.8, 4) is 0 Å². The third-order valence-electron chi connectivity index (χ3n) is 4.95. The average molecular weight is 316 g/mol. The Morgan fingerprint density at radius 2 is 2.09 bits per heavy atom. The molecule has 2 unspecified atom stereocenters. The summed E-state index contributed by atoms with van der Waals surface area (Å²) in [5.41, 5.74) is 3.62. The molecule has 3 rings (SSSR count). The van der Waals surface area contributed by atoms with E-state index in [2.05, 4.69) is 61.8 Å². The number of likely N-dealkylation sites (N-methyl/N-ethyl adjacent to an activating group) is 1. The first-order valence-electron chi connectivity index (χ1n) is 8.46. The zero-order valence-corrected chi connectivity index (χ0v) is 14.7. The van der Waals surface area contributed by atoms with E-state index in [1.807, 2.05) is 0 Å². The van der Waals surface area contributed by atoms with Crippen molar-refractivity contribution in [1.82, 2.24) is 9.47 Å². The molecule has 23 heavy (non-hydrogen) atoms. The fraction of sp³-hybridized carbons (Fsp3) is 0.579. The van der Waals surface area contributed by atoms with E-state index in [9.17, 15) is 5.11 Å². The van der Waals surface area contributed by atoms with Crippen LogP contribution in [0.2, 0.25) is 0 Å². The maximum absolute atomic E-state index is 9.31. The van der Waals surface area contributed by atoms with Crippen LogP contribution in [-0.4, -0.2) is 47.9 Å². The number of aromatic nitrogens is 1. The zero-order chi connectivity index (χ0) is 16.6. The molecule has 1 aromatic heterocycles. The number of nitrogens with zero attached hydrogens (tertiary/aromatic N) is 2. The molecule has 0 saturated heterocycles. The number of hydrogen-bond acceptors (Lipinski definition) is 3. The molecule has 0 aliphatic carbocycles. The van der Waals surface area contributed by atoms with E-state index in [1.54, 1.807) is 0 Å². The zero-order valence-electron chi connectivity index (χ0n) is 14.7. The molecule has 1 aliphatic heterocycles. The van der Waals surface area contributed by atoms with Crippen molar-refractivity contribution in [1.29, 1.82) is 0 Å². The van der Waals surface area contributed by atoms with Gasteiger partial charge in [-0.2, -0.15) is 0 Å². The first-order valence-corrected chi connectivity index (χ1v) is 8.46. The van der Waals surface area contributed by atoms with Crippen molar-refractivity contribution >= 4 is 10.9 Å². The molecule has 2 atom stereocenters. The van der Waals surface area contributed by atoms with Gasteiger partial charge in [-0.15, -0.1) is 0 Å². The largest absolute Gasteiger partial charge is 0.396 e. The summed E-state index contributed by atoms with van der Waals surface area (Å²) < 4.78 is 8.84. The Labute approximate surface area is 138 Å². The van der Waals surface area contributed by atoms with Crippen LogP contribution in [0, 0.1) is 0 Å². The third kappa shape index (κ3) is 2.91. The monoisotopic (exact) mass is 316 g/mol. The first kappa shape index (κ1) is 16.5. The lowest BCUT2D eigenvalue weighted by molar-refractivity contribution is -0.115. The van der Waals surface area contributed by atoms with Crippen LogP contribution in [0.25, 0.3) is 10.9 Å². The van der Waals surface area contributed by atoms with Gasteiger partial charge >= 0.3 is 0 Å². The number of aliphatic hydroxyl groups is 1. The van der Waals surface area contributed by atoms with E-state index in [1.165, 1.54) is 22.2 Å². The standard InChI is InChI=1S/C19H28N2O2/c1-19(10-7-11-22)18-16(12-14(23-19)13-20(2)3)15-8-5-6-9-17(15)21(18)4/h5-6,8-9,14,22H,7,10-13H2,1-4H3. The first-order chi connectivity index (χ1) is 11.0. The molecule has 2 heterocycles. The summed E-state index contributed by atoms with van der Waals surface area (Å²) in [6, 6.07) is 8.61. The summed E-state index contributed by atoms with van der Waals surface area (Å²) in [5.74, 6) is 0. The molecule has 0 radical (unpaired) electrons. The number of aliphatic hydroxyl groups excluding tert-OH is 1. The fourth-order valence-electron chi connectivity index (χ4n) is 4.15. The van der Waals surface area contributed by atoms with Gasteiger partial charge in [0.25, 0.3) is 0 Å². The summed E-state index contributed by atoms with van der Waals surface area (Å²) in [7, 11) is 6.31. The minimum Gasteiger partial charge on any atom is -0.396 e. The fourth-order valence-corrected chi connectivity index (χ4v) is 4.15. The van der Waals surface area contributed by atoms with E-state index in [0.717, 1.165) is 25.8 Å². The number of aryl methyl sites for hydroxylation is 1. The van der Waals surface area contributed by atoms with E-state index in [4.69, 9.17) is 4.74 Å². The molecule has 1 aliphatic rings. The van der Waals surface area contributed by atoms with Crippen LogP contribution in [0.4, 0.5) is 0 Å². The molecule has 0 fully saturated rings. The minimum absolute atomic E-state index is 0.187. The van der Waals surface area contributed by atoms with Gasteiger partial charge < -0.3 is 19.3 Å². The maximum Gasteiger partial charge on any atom is 0.106 e. The van der Waals surface area contributed by atoms with Crippen LogP contribution >= 0.6 is 0 Å². The van der Waals surface area contributed by atoms with Gasteiger partial charge in [0.05, 0.1) is 11.8 Å². The third-order valence-corrected chi connectivity index (χ3v) is 4.95. The van der Waals surface area contributed by atoms with Crippen molar-refractivity contribution in [3.63, 3.8) is 0 Å². The van der Waals surface area contributed by atoms with E-state index in [-0.39, 0.29) is 18.3 Å². The second-order valence-corrected chi connectivity index (χ2v) is 7.17. The van der Waals surface area contributed by atoms with Crippen LogP contribution in [-0.2, 0) is 23.8 Å². The van der Waals surface area contributed by atoms with Crippen molar-refractivity contribution in [2.24, 2.45) is 7.05 Å². The molecular weight excluding hydrogens is 288 g/mol. The van der Waals surface area contributed by atoms with Crippen molar-refractivity contribution in [2.45, 2.75) is 37.9 Å². The minimum atomic E-state index is -0.342. The molecule has 1 N–H and O–H groups in total. The Kier molecular flexibility index (Phi) is 4.50. The molecule has 1 aromatic carbocycles. The Balaban J connectivity index is 2.12. The maximum atomic E-state index is 9.31. The molecule has 4 heteroatoms. The van der Waals surface area contributed by atoms with Gasteiger partial charge in [0.1, 0.15) is 5.60 Å². The predicted octanol–water partition coefficient (Wildman–Crippen LogP) is 2.67. The summed E-state index contributed by atoms with van der Waals surface area (Å²) in [6.45, 7) is 3.30. The van der Waals surface area contributed by atoms with Crippen LogP contribution < -0.4 is 0 Å². The smallest absolute Gasteiger partial charge is 0.106 e. The van der Waals surface area contributed by atoms with Crippen LogP contribution in [0.3, 0.4) is 0 Å². The molecule has 0 saturated carbocycles.